The number of rotatable bonds is 2. The van der Waals surface area contributed by atoms with Crippen LogP contribution in [-0.2, 0) is 0 Å². The van der Waals surface area contributed by atoms with Crippen LogP contribution in [0, 0.1) is 0 Å². The maximum absolute atomic E-state index is 8.15. The van der Waals surface area contributed by atoms with Crippen molar-refractivity contribution in [3.05, 3.63) is 0 Å². The largest absolute Gasteiger partial charge is 0.396 e. The third-order valence-electron chi connectivity index (χ3n) is 0.464. The van der Waals surface area contributed by atoms with E-state index >= 15 is 0 Å². The second-order valence-electron chi connectivity index (χ2n) is 1.18. The Morgan fingerprint density at radius 2 is 2.33 bits per heavy atom. The summed E-state index contributed by atoms with van der Waals surface area (Å²) in [5.74, 6) is 0. The van der Waals surface area contributed by atoms with Gasteiger partial charge in [0.1, 0.15) is 0 Å². The van der Waals surface area contributed by atoms with Gasteiger partial charge in [0, 0.05) is 13.0 Å². The summed E-state index contributed by atoms with van der Waals surface area (Å²) in [4.78, 5) is 0.873. The van der Waals surface area contributed by atoms with Crippen LogP contribution in [0.5, 0.6) is 0 Å². The standard InChI is InChI=1S/C4H8OS/c1-4(6)2-3-5/h5H,2-3H2,1H3. The van der Waals surface area contributed by atoms with Crippen molar-refractivity contribution in [1.29, 1.82) is 0 Å². The van der Waals surface area contributed by atoms with Crippen LogP contribution in [0.15, 0.2) is 0 Å². The summed E-state index contributed by atoms with van der Waals surface area (Å²) in [5.41, 5.74) is 0. The molecule has 0 bridgehead atoms. The third kappa shape index (κ3) is 4.05. The average Bonchev–Trinajstić information content (AvgIpc) is 1.35. The van der Waals surface area contributed by atoms with Crippen LogP contribution in [0.25, 0.3) is 0 Å². The molecule has 0 heterocycles. The summed E-state index contributed by atoms with van der Waals surface area (Å²) in [6, 6.07) is 0. The van der Waals surface area contributed by atoms with Crippen molar-refractivity contribution in [2.75, 3.05) is 6.61 Å². The molecule has 0 aliphatic rings. The van der Waals surface area contributed by atoms with Gasteiger partial charge in [0.25, 0.3) is 0 Å². The highest BCUT2D eigenvalue weighted by Gasteiger charge is 1.79. The molecule has 36 valence electrons. The minimum atomic E-state index is 0.190. The van der Waals surface area contributed by atoms with E-state index in [1.165, 1.54) is 0 Å². The summed E-state index contributed by atoms with van der Waals surface area (Å²) < 4.78 is 0. The second kappa shape index (κ2) is 3.25. The lowest BCUT2D eigenvalue weighted by atomic mass is 10.4. The summed E-state index contributed by atoms with van der Waals surface area (Å²) in [6.45, 7) is 2.01. The van der Waals surface area contributed by atoms with Crippen molar-refractivity contribution < 1.29 is 5.11 Å². The van der Waals surface area contributed by atoms with Gasteiger partial charge in [-0.25, -0.2) is 0 Å². The molecule has 0 aromatic heterocycles. The molecule has 0 unspecified atom stereocenters. The Labute approximate surface area is 43.0 Å². The van der Waals surface area contributed by atoms with Gasteiger partial charge in [-0.15, -0.1) is 0 Å². The van der Waals surface area contributed by atoms with Gasteiger partial charge in [-0.05, 0) is 11.8 Å². The van der Waals surface area contributed by atoms with Gasteiger partial charge < -0.3 is 5.11 Å². The highest BCUT2D eigenvalue weighted by molar-refractivity contribution is 7.80. The summed E-state index contributed by atoms with van der Waals surface area (Å²) in [6.07, 6.45) is 0.662. The number of aliphatic hydroxyl groups excluding tert-OH is 1. The first-order chi connectivity index (χ1) is 2.77. The van der Waals surface area contributed by atoms with E-state index in [-0.39, 0.29) is 6.61 Å². The van der Waals surface area contributed by atoms with Crippen LogP contribution in [0.2, 0.25) is 0 Å². The molecule has 0 saturated carbocycles. The fourth-order valence-electron chi connectivity index (χ4n) is 0.157. The lowest BCUT2D eigenvalue weighted by Gasteiger charge is -1.84. The minimum Gasteiger partial charge on any atom is -0.396 e. The van der Waals surface area contributed by atoms with Crippen molar-refractivity contribution in [3.63, 3.8) is 0 Å². The lowest BCUT2D eigenvalue weighted by Crippen LogP contribution is -1.89. The zero-order valence-corrected chi connectivity index (χ0v) is 4.59. The van der Waals surface area contributed by atoms with Gasteiger partial charge in [0.15, 0.2) is 0 Å². The van der Waals surface area contributed by atoms with E-state index in [1.807, 2.05) is 6.92 Å². The lowest BCUT2D eigenvalue weighted by molar-refractivity contribution is 0.307. The molecule has 0 fully saturated rings. The molecular formula is C4H8OS. The quantitative estimate of drug-likeness (QED) is 0.522. The van der Waals surface area contributed by atoms with Gasteiger partial charge in [-0.2, -0.15) is 0 Å². The fourth-order valence-corrected chi connectivity index (χ4v) is 0.249. The zero-order valence-electron chi connectivity index (χ0n) is 3.77. The van der Waals surface area contributed by atoms with E-state index in [0.29, 0.717) is 6.42 Å². The van der Waals surface area contributed by atoms with Crippen LogP contribution in [0.4, 0.5) is 0 Å². The Hall–Kier alpha value is 0.0500. The monoisotopic (exact) mass is 104 g/mol. The summed E-state index contributed by atoms with van der Waals surface area (Å²) in [5, 5.41) is 8.15. The number of hydrogen-bond acceptors (Lipinski definition) is 2. The first-order valence-electron chi connectivity index (χ1n) is 1.87. The predicted octanol–water partition coefficient (Wildman–Crippen LogP) is 0.759. The van der Waals surface area contributed by atoms with Crippen molar-refractivity contribution >= 4 is 17.1 Å². The Kier molecular flexibility index (Phi) is 3.28. The smallest absolute Gasteiger partial charge is 0.0476 e. The molecule has 1 nitrogen and oxygen atoms in total. The van der Waals surface area contributed by atoms with Crippen LogP contribution in [-0.4, -0.2) is 16.6 Å². The van der Waals surface area contributed by atoms with Gasteiger partial charge in [0.05, 0.1) is 0 Å². The molecule has 0 atom stereocenters. The summed E-state index contributed by atoms with van der Waals surface area (Å²) in [7, 11) is 0. The Balaban J connectivity index is 2.83. The normalized spacial score (nSPS) is 8.33. The molecule has 1 N–H and O–H groups in total. The van der Waals surface area contributed by atoms with Crippen molar-refractivity contribution in [2.45, 2.75) is 13.3 Å². The maximum Gasteiger partial charge on any atom is 0.0476 e. The van der Waals surface area contributed by atoms with Crippen LogP contribution >= 0.6 is 12.2 Å². The van der Waals surface area contributed by atoms with Gasteiger partial charge >= 0.3 is 0 Å². The molecule has 0 spiro atoms. The molecule has 0 amide bonds. The molecule has 6 heavy (non-hydrogen) atoms. The van der Waals surface area contributed by atoms with Crippen LogP contribution in [0.1, 0.15) is 13.3 Å². The molecule has 0 aliphatic carbocycles. The summed E-state index contributed by atoms with van der Waals surface area (Å²) >= 11 is 4.63. The molecule has 0 saturated heterocycles. The number of aliphatic hydroxyl groups is 1. The van der Waals surface area contributed by atoms with E-state index in [1.54, 1.807) is 0 Å². The zero-order chi connectivity index (χ0) is 4.99. The SMILES string of the molecule is CC(=S)CCO. The van der Waals surface area contributed by atoms with Crippen molar-refractivity contribution in [1.82, 2.24) is 0 Å². The Morgan fingerprint density at radius 3 is 2.33 bits per heavy atom. The van der Waals surface area contributed by atoms with Gasteiger partial charge in [-0.1, -0.05) is 12.2 Å². The van der Waals surface area contributed by atoms with Gasteiger partial charge in [-0.3, -0.25) is 0 Å². The molecule has 0 aliphatic heterocycles. The van der Waals surface area contributed by atoms with E-state index in [0.717, 1.165) is 4.86 Å². The minimum absolute atomic E-state index is 0.190. The number of hydrogen-bond donors (Lipinski definition) is 1. The van der Waals surface area contributed by atoms with E-state index in [9.17, 15) is 0 Å². The van der Waals surface area contributed by atoms with E-state index in [4.69, 9.17) is 5.11 Å². The van der Waals surface area contributed by atoms with Crippen LogP contribution in [0.3, 0.4) is 0 Å². The van der Waals surface area contributed by atoms with Crippen molar-refractivity contribution in [2.24, 2.45) is 0 Å². The van der Waals surface area contributed by atoms with E-state index < -0.39 is 0 Å². The Morgan fingerprint density at radius 1 is 1.83 bits per heavy atom. The Bertz CT molecular complexity index is 51.5. The topological polar surface area (TPSA) is 20.2 Å². The molecule has 0 radical (unpaired) electrons. The molecular weight excluding hydrogens is 96.1 g/mol. The first-order valence-corrected chi connectivity index (χ1v) is 2.28. The number of thiocarbonyl (C=S) groups is 1. The average molecular weight is 104 g/mol. The molecule has 0 aromatic rings. The molecule has 0 rings (SSSR count). The first kappa shape index (κ1) is 6.05. The third-order valence-corrected chi connectivity index (χ3v) is 0.668. The highest BCUT2D eigenvalue weighted by Crippen LogP contribution is 1.79. The molecule has 0 aromatic carbocycles. The highest BCUT2D eigenvalue weighted by atomic mass is 32.1. The predicted molar refractivity (Wildman–Crippen MR) is 30.0 cm³/mol. The molecule has 2 heteroatoms. The maximum atomic E-state index is 8.15. The van der Waals surface area contributed by atoms with Crippen molar-refractivity contribution in [3.8, 4) is 0 Å². The van der Waals surface area contributed by atoms with Crippen LogP contribution < -0.4 is 0 Å². The van der Waals surface area contributed by atoms with E-state index in [2.05, 4.69) is 12.2 Å². The fraction of sp³-hybridized carbons (Fsp3) is 0.750. The second-order valence-corrected chi connectivity index (χ2v) is 1.87. The van der Waals surface area contributed by atoms with Gasteiger partial charge in [0.2, 0.25) is 0 Å².